The second-order valence-corrected chi connectivity index (χ2v) is 9.17. The molecule has 34 heavy (non-hydrogen) atoms. The van der Waals surface area contributed by atoms with Crippen molar-refractivity contribution in [2.75, 3.05) is 52.5 Å². The quantitative estimate of drug-likeness (QED) is 0.623. The summed E-state index contributed by atoms with van der Waals surface area (Å²) in [6.45, 7) is 9.24. The van der Waals surface area contributed by atoms with Crippen molar-refractivity contribution >= 4 is 12.4 Å². The van der Waals surface area contributed by atoms with E-state index in [9.17, 15) is 10.2 Å². The topological polar surface area (TPSA) is 90.1 Å². The van der Waals surface area contributed by atoms with Gasteiger partial charge in [-0.3, -0.25) is 19.8 Å². The molecular formula is C26H32N4O4. The molecule has 2 aromatic rings. The molecule has 2 atom stereocenters. The van der Waals surface area contributed by atoms with Gasteiger partial charge in [-0.05, 0) is 49.2 Å². The number of benzene rings is 2. The summed E-state index contributed by atoms with van der Waals surface area (Å²) in [4.78, 5) is 13.6. The van der Waals surface area contributed by atoms with E-state index in [0.717, 1.165) is 35.3 Å². The van der Waals surface area contributed by atoms with Crippen LogP contribution in [0.25, 0.3) is 0 Å². The van der Waals surface area contributed by atoms with E-state index in [0.29, 0.717) is 50.5 Å². The zero-order valence-electron chi connectivity index (χ0n) is 19.8. The van der Waals surface area contributed by atoms with Crippen LogP contribution in [0.3, 0.4) is 0 Å². The van der Waals surface area contributed by atoms with E-state index in [1.54, 1.807) is 12.4 Å². The SMILES string of the molecule is Cc1cc2c(O)c(c1)C1OCCN1CCN=Cc1cc(C)cc(c1O)C1OCCN1CCN=C2. The largest absolute Gasteiger partial charge is 0.507 e. The fourth-order valence-corrected chi connectivity index (χ4v) is 4.98. The molecule has 0 aromatic heterocycles. The summed E-state index contributed by atoms with van der Waals surface area (Å²) in [5.74, 6) is 0.433. The third-order valence-corrected chi connectivity index (χ3v) is 6.62. The average Bonchev–Trinajstić information content (AvgIpc) is 3.47. The Kier molecular flexibility index (Phi) is 6.65. The molecule has 2 aromatic carbocycles. The van der Waals surface area contributed by atoms with E-state index >= 15 is 0 Å². The predicted octanol–water partition coefficient (Wildman–Crippen LogP) is 2.93. The number of aryl methyl sites for hydroxylation is 2. The molecule has 8 nitrogen and oxygen atoms in total. The van der Waals surface area contributed by atoms with Gasteiger partial charge in [-0.15, -0.1) is 0 Å². The summed E-state index contributed by atoms with van der Waals surface area (Å²) >= 11 is 0. The number of ether oxygens (including phenoxy) is 2. The third-order valence-electron chi connectivity index (χ3n) is 6.62. The van der Waals surface area contributed by atoms with Crippen molar-refractivity contribution < 1.29 is 19.7 Å². The summed E-state index contributed by atoms with van der Waals surface area (Å²) in [5.41, 5.74) is 5.01. The van der Waals surface area contributed by atoms with Crippen molar-refractivity contribution in [3.05, 3.63) is 57.6 Å². The van der Waals surface area contributed by atoms with Crippen molar-refractivity contribution in [3.8, 4) is 11.5 Å². The molecule has 180 valence electrons. The molecule has 4 bridgehead atoms. The molecule has 0 spiro atoms. The van der Waals surface area contributed by atoms with Gasteiger partial charge in [0.05, 0.1) is 26.3 Å². The molecule has 2 unspecified atom stereocenters. The number of hydrogen-bond donors (Lipinski definition) is 2. The predicted molar refractivity (Wildman–Crippen MR) is 131 cm³/mol. The lowest BCUT2D eigenvalue weighted by molar-refractivity contribution is 0.0321. The van der Waals surface area contributed by atoms with Crippen molar-refractivity contribution in [1.82, 2.24) is 9.80 Å². The minimum atomic E-state index is -0.317. The Hall–Kier alpha value is -2.78. The Morgan fingerprint density at radius 3 is 1.59 bits per heavy atom. The molecule has 0 amide bonds. The summed E-state index contributed by atoms with van der Waals surface area (Å²) in [6, 6.07) is 7.85. The number of nitrogens with zero attached hydrogens (tertiary/aromatic N) is 4. The summed E-state index contributed by atoms with van der Waals surface area (Å²) in [6.07, 6.45) is 2.85. The van der Waals surface area contributed by atoms with Gasteiger partial charge in [0.25, 0.3) is 0 Å². The van der Waals surface area contributed by atoms with E-state index in [-0.39, 0.29) is 24.0 Å². The molecular weight excluding hydrogens is 432 g/mol. The summed E-state index contributed by atoms with van der Waals surface area (Å²) in [7, 11) is 0. The maximum absolute atomic E-state index is 11.0. The molecule has 3 heterocycles. The lowest BCUT2D eigenvalue weighted by Crippen LogP contribution is -2.27. The Balaban J connectivity index is 1.51. The van der Waals surface area contributed by atoms with Crippen LogP contribution in [0.5, 0.6) is 11.5 Å². The van der Waals surface area contributed by atoms with Gasteiger partial charge in [-0.25, -0.2) is 0 Å². The highest BCUT2D eigenvalue weighted by Crippen LogP contribution is 2.37. The van der Waals surface area contributed by atoms with Crippen LogP contribution in [0.2, 0.25) is 0 Å². The maximum Gasteiger partial charge on any atom is 0.140 e. The van der Waals surface area contributed by atoms with Crippen LogP contribution in [-0.2, 0) is 9.47 Å². The maximum atomic E-state index is 11.0. The molecule has 2 fully saturated rings. The zero-order chi connectivity index (χ0) is 23.7. The van der Waals surface area contributed by atoms with E-state index in [1.165, 1.54) is 0 Å². The summed E-state index contributed by atoms with van der Waals surface area (Å²) in [5, 5.41) is 22.0. The van der Waals surface area contributed by atoms with Gasteiger partial charge in [0, 0.05) is 60.9 Å². The summed E-state index contributed by atoms with van der Waals surface area (Å²) < 4.78 is 12.0. The number of phenols is 2. The van der Waals surface area contributed by atoms with E-state index in [4.69, 9.17) is 9.47 Å². The van der Waals surface area contributed by atoms with Crippen LogP contribution in [0.15, 0.2) is 34.3 Å². The molecule has 0 aliphatic carbocycles. The van der Waals surface area contributed by atoms with Crippen LogP contribution < -0.4 is 0 Å². The Morgan fingerprint density at radius 1 is 0.706 bits per heavy atom. The minimum absolute atomic E-state index is 0.216. The Bertz CT molecular complexity index is 1030. The second-order valence-electron chi connectivity index (χ2n) is 9.17. The first-order chi connectivity index (χ1) is 16.5. The number of fused-ring (bicyclic) bond motifs is 8. The van der Waals surface area contributed by atoms with Crippen LogP contribution >= 0.6 is 0 Å². The highest BCUT2D eigenvalue weighted by atomic mass is 16.5. The minimum Gasteiger partial charge on any atom is -0.507 e. The van der Waals surface area contributed by atoms with Crippen LogP contribution in [0, 0.1) is 13.8 Å². The number of aromatic hydroxyl groups is 2. The van der Waals surface area contributed by atoms with Gasteiger partial charge in [-0.1, -0.05) is 0 Å². The Labute approximate surface area is 200 Å². The third kappa shape index (κ3) is 4.59. The number of phenolic OH excluding ortho intramolecular Hbond substituents is 2. The fraction of sp³-hybridized carbons (Fsp3) is 0.462. The van der Waals surface area contributed by atoms with E-state index in [2.05, 4.69) is 19.8 Å². The first-order valence-electron chi connectivity index (χ1n) is 11.9. The standard InChI is InChI=1S/C26H32N4O4/c1-17-11-19-15-27-3-6-30-8-10-34-26(30)22-14-18(2)12-20(24(22)32)16-28-4-5-29-7-9-33-25(29)21(13-17)23(19)31/h11-16,25-26,31-32H,3-10H2,1-2H3. The molecule has 3 aliphatic heterocycles. The molecule has 0 saturated carbocycles. The smallest absolute Gasteiger partial charge is 0.140 e. The van der Waals surface area contributed by atoms with Gasteiger partial charge in [0.15, 0.2) is 0 Å². The van der Waals surface area contributed by atoms with Crippen LogP contribution in [-0.4, -0.2) is 84.9 Å². The molecule has 0 radical (unpaired) electrons. The molecule has 2 N–H and O–H groups in total. The van der Waals surface area contributed by atoms with E-state index < -0.39 is 0 Å². The van der Waals surface area contributed by atoms with Crippen LogP contribution in [0.4, 0.5) is 0 Å². The van der Waals surface area contributed by atoms with Crippen LogP contribution in [0.1, 0.15) is 45.8 Å². The molecule has 3 aliphatic rings. The normalized spacial score (nSPS) is 23.9. The first-order valence-corrected chi connectivity index (χ1v) is 11.9. The van der Waals surface area contributed by atoms with Crippen molar-refractivity contribution in [1.29, 1.82) is 0 Å². The highest BCUT2D eigenvalue weighted by molar-refractivity contribution is 5.85. The highest BCUT2D eigenvalue weighted by Gasteiger charge is 2.31. The lowest BCUT2D eigenvalue weighted by Gasteiger charge is -2.25. The van der Waals surface area contributed by atoms with Gasteiger partial charge < -0.3 is 19.7 Å². The van der Waals surface area contributed by atoms with Gasteiger partial charge in [0.2, 0.25) is 0 Å². The number of rotatable bonds is 0. The number of aliphatic imine (C=N–C) groups is 2. The fourth-order valence-electron chi connectivity index (χ4n) is 4.98. The zero-order valence-corrected chi connectivity index (χ0v) is 19.8. The van der Waals surface area contributed by atoms with Crippen molar-refractivity contribution in [2.24, 2.45) is 9.98 Å². The number of hydrogen-bond acceptors (Lipinski definition) is 8. The molecule has 8 heteroatoms. The monoisotopic (exact) mass is 464 g/mol. The van der Waals surface area contributed by atoms with Crippen molar-refractivity contribution in [2.45, 2.75) is 26.3 Å². The molecule has 5 rings (SSSR count). The lowest BCUT2D eigenvalue weighted by atomic mass is 10.0. The van der Waals surface area contributed by atoms with Gasteiger partial charge >= 0.3 is 0 Å². The van der Waals surface area contributed by atoms with Crippen molar-refractivity contribution in [3.63, 3.8) is 0 Å². The average molecular weight is 465 g/mol. The first kappa shape index (κ1) is 23.0. The Morgan fingerprint density at radius 2 is 1.15 bits per heavy atom. The molecule has 2 saturated heterocycles. The van der Waals surface area contributed by atoms with E-state index in [1.807, 2.05) is 38.1 Å². The van der Waals surface area contributed by atoms with Gasteiger partial charge in [-0.2, -0.15) is 0 Å². The van der Waals surface area contributed by atoms with Gasteiger partial charge in [0.1, 0.15) is 24.0 Å². The second kappa shape index (κ2) is 9.84.